The highest BCUT2D eigenvalue weighted by atomic mass is 16.5. The second-order valence-corrected chi connectivity index (χ2v) is 12.9. The van der Waals surface area contributed by atoms with Gasteiger partial charge in [-0.05, 0) is 49.6 Å². The highest BCUT2D eigenvalue weighted by molar-refractivity contribution is 5.96. The van der Waals surface area contributed by atoms with E-state index in [9.17, 15) is 19.2 Å². The number of ether oxygens (including phenoxy) is 2. The molecule has 1 heterocycles. The van der Waals surface area contributed by atoms with Crippen LogP contribution in [0.5, 0.6) is 0 Å². The Morgan fingerprint density at radius 1 is 1.20 bits per heavy atom. The molecule has 6 aliphatic carbocycles. The number of nitrogens with zero attached hydrogens (tertiary/aromatic N) is 1. The third-order valence-corrected chi connectivity index (χ3v) is 11.1. The van der Waals surface area contributed by atoms with Crippen LogP contribution < -0.4 is 0 Å². The molecular weight excluding hydrogens is 446 g/mol. The average Bonchev–Trinajstić information content (AvgIpc) is 2.86. The summed E-state index contributed by atoms with van der Waals surface area (Å²) >= 11 is 0. The standard InChI is InChI=1S/C28H37NO6/c1-7-13(2)25(33)35-16-9-26(5)12-29(6)23-20-21(32)17-8-19-27(20,24(14(17)3)34-15(4)30)11-18(31)22(26)28(19,23)10-16/h13,16-17,19-20,22-24H,3,7-12H2,1-2,4-6H3. The van der Waals surface area contributed by atoms with Crippen molar-refractivity contribution < 1.29 is 28.7 Å². The molecule has 0 radical (unpaired) electrons. The van der Waals surface area contributed by atoms with Crippen molar-refractivity contribution in [3.63, 3.8) is 0 Å². The van der Waals surface area contributed by atoms with E-state index < -0.39 is 22.9 Å². The van der Waals surface area contributed by atoms with Crippen molar-refractivity contribution in [3.8, 4) is 0 Å². The summed E-state index contributed by atoms with van der Waals surface area (Å²) in [6.07, 6.45) is 2.00. The van der Waals surface area contributed by atoms with E-state index in [1.165, 1.54) is 6.92 Å². The summed E-state index contributed by atoms with van der Waals surface area (Å²) in [5.74, 6) is -1.22. The summed E-state index contributed by atoms with van der Waals surface area (Å²) in [5.41, 5.74) is -0.880. The molecule has 0 aromatic rings. The largest absolute Gasteiger partial charge is 0.462 e. The van der Waals surface area contributed by atoms with Gasteiger partial charge < -0.3 is 14.4 Å². The van der Waals surface area contributed by atoms with Crippen LogP contribution in [0.2, 0.25) is 0 Å². The summed E-state index contributed by atoms with van der Waals surface area (Å²) < 4.78 is 12.1. The molecule has 0 aromatic carbocycles. The van der Waals surface area contributed by atoms with Gasteiger partial charge in [-0.3, -0.25) is 19.2 Å². The molecule has 0 amide bonds. The fourth-order valence-electron chi connectivity index (χ4n) is 10.5. The lowest BCUT2D eigenvalue weighted by Crippen LogP contribution is -2.71. The second kappa shape index (κ2) is 7.05. The smallest absolute Gasteiger partial charge is 0.308 e. The number of carbonyl (C=O) groups excluding carboxylic acids is 4. The van der Waals surface area contributed by atoms with E-state index in [0.717, 1.165) is 6.42 Å². The maximum atomic E-state index is 14.1. The Balaban J connectivity index is 1.52. The van der Waals surface area contributed by atoms with E-state index in [1.807, 2.05) is 13.8 Å². The monoisotopic (exact) mass is 483 g/mol. The van der Waals surface area contributed by atoms with Crippen LogP contribution in [0.25, 0.3) is 0 Å². The molecule has 35 heavy (non-hydrogen) atoms. The molecule has 0 aromatic heterocycles. The maximum absolute atomic E-state index is 14.1. The van der Waals surface area contributed by atoms with Crippen LogP contribution in [-0.2, 0) is 28.7 Å². The first-order valence-corrected chi connectivity index (χ1v) is 13.3. The van der Waals surface area contributed by atoms with Crippen molar-refractivity contribution in [1.29, 1.82) is 0 Å². The average molecular weight is 484 g/mol. The number of likely N-dealkylation sites (tertiary alicyclic amines) is 1. The number of fused-ring (bicyclic) bond motifs is 1. The molecule has 7 rings (SSSR count). The molecule has 2 spiro atoms. The molecule has 7 aliphatic rings. The first-order chi connectivity index (χ1) is 16.4. The summed E-state index contributed by atoms with van der Waals surface area (Å²) in [5, 5.41) is 0. The highest BCUT2D eigenvalue weighted by Crippen LogP contribution is 2.81. The van der Waals surface area contributed by atoms with Crippen molar-refractivity contribution in [1.82, 2.24) is 4.90 Å². The van der Waals surface area contributed by atoms with Crippen molar-refractivity contribution >= 4 is 23.5 Å². The van der Waals surface area contributed by atoms with E-state index in [4.69, 9.17) is 9.47 Å². The van der Waals surface area contributed by atoms with Gasteiger partial charge in [0, 0.05) is 54.5 Å². The van der Waals surface area contributed by atoms with Crippen LogP contribution in [0, 0.1) is 45.8 Å². The molecule has 0 N–H and O–H groups in total. The van der Waals surface area contributed by atoms with Crippen LogP contribution in [0.4, 0.5) is 0 Å². The van der Waals surface area contributed by atoms with Gasteiger partial charge >= 0.3 is 11.9 Å². The Labute approximate surface area is 207 Å². The Bertz CT molecular complexity index is 1070. The summed E-state index contributed by atoms with van der Waals surface area (Å²) in [6.45, 7) is 12.4. The van der Waals surface area contributed by atoms with Crippen molar-refractivity contribution in [3.05, 3.63) is 12.2 Å². The Kier molecular flexibility index (Phi) is 4.71. The van der Waals surface area contributed by atoms with E-state index in [1.54, 1.807) is 0 Å². The summed E-state index contributed by atoms with van der Waals surface area (Å²) in [6, 6.07) is -0.120. The van der Waals surface area contributed by atoms with Crippen molar-refractivity contribution in [2.24, 2.45) is 45.8 Å². The fraction of sp³-hybridized carbons (Fsp3) is 0.786. The first-order valence-electron chi connectivity index (χ1n) is 13.3. The summed E-state index contributed by atoms with van der Waals surface area (Å²) in [4.78, 5) is 55.5. The van der Waals surface area contributed by atoms with Gasteiger partial charge in [0.1, 0.15) is 23.8 Å². The lowest BCUT2D eigenvalue weighted by atomic mass is 9.38. The number of carbonyl (C=O) groups is 4. The molecule has 6 bridgehead atoms. The van der Waals surface area contributed by atoms with Crippen LogP contribution in [-0.4, -0.2) is 60.2 Å². The molecule has 6 saturated carbocycles. The fourth-order valence-corrected chi connectivity index (χ4v) is 10.5. The molecular formula is C28H37NO6. The number of ketones is 2. The predicted molar refractivity (Wildman–Crippen MR) is 126 cm³/mol. The van der Waals surface area contributed by atoms with Crippen LogP contribution in [0.3, 0.4) is 0 Å². The van der Waals surface area contributed by atoms with E-state index >= 15 is 0 Å². The van der Waals surface area contributed by atoms with Gasteiger partial charge in [0.25, 0.3) is 0 Å². The number of hydrogen-bond acceptors (Lipinski definition) is 7. The van der Waals surface area contributed by atoms with Crippen LogP contribution in [0.15, 0.2) is 12.2 Å². The molecule has 7 heteroatoms. The lowest BCUT2D eigenvalue weighted by molar-refractivity contribution is -0.218. The molecule has 1 aliphatic heterocycles. The van der Waals surface area contributed by atoms with Gasteiger partial charge in [-0.25, -0.2) is 0 Å². The van der Waals surface area contributed by atoms with Gasteiger partial charge in [-0.1, -0.05) is 27.4 Å². The third kappa shape index (κ3) is 2.56. The van der Waals surface area contributed by atoms with E-state index in [-0.39, 0.29) is 71.1 Å². The minimum Gasteiger partial charge on any atom is -0.462 e. The Morgan fingerprint density at radius 3 is 2.57 bits per heavy atom. The number of Topliss-reactive ketones (excluding diaryl/α,β-unsaturated/α-hetero) is 2. The summed E-state index contributed by atoms with van der Waals surface area (Å²) in [7, 11) is 2.08. The zero-order valence-corrected chi connectivity index (χ0v) is 21.5. The van der Waals surface area contributed by atoms with Crippen molar-refractivity contribution in [2.45, 2.75) is 78.0 Å². The molecule has 190 valence electrons. The van der Waals surface area contributed by atoms with Crippen molar-refractivity contribution in [2.75, 3.05) is 13.6 Å². The van der Waals surface area contributed by atoms with Gasteiger partial charge in [-0.2, -0.15) is 0 Å². The predicted octanol–water partition coefficient (Wildman–Crippen LogP) is 2.96. The van der Waals surface area contributed by atoms with Gasteiger partial charge in [-0.15, -0.1) is 0 Å². The Hall–Kier alpha value is -2.02. The maximum Gasteiger partial charge on any atom is 0.308 e. The second-order valence-electron chi connectivity index (χ2n) is 12.9. The number of rotatable bonds is 4. The molecule has 1 saturated heterocycles. The first kappa shape index (κ1) is 23.4. The zero-order valence-electron chi connectivity index (χ0n) is 21.5. The Morgan fingerprint density at radius 2 is 1.91 bits per heavy atom. The lowest BCUT2D eigenvalue weighted by Gasteiger charge is -2.67. The number of piperidine rings is 1. The number of esters is 2. The SMILES string of the molecule is C=C1C2CC3C4(CC(=O)C5C6(C)CC(OC(=O)C(C)CC)CC53C(C4C2=O)N(C)C6)C1OC(C)=O. The van der Waals surface area contributed by atoms with Crippen LogP contribution in [0.1, 0.15) is 59.8 Å². The minimum absolute atomic E-state index is 0.0532. The van der Waals surface area contributed by atoms with Gasteiger partial charge in [0.05, 0.1) is 5.92 Å². The molecule has 11 unspecified atom stereocenters. The number of hydrogen-bond donors (Lipinski definition) is 0. The topological polar surface area (TPSA) is 90.0 Å². The third-order valence-electron chi connectivity index (χ3n) is 11.1. The molecule has 7 nitrogen and oxygen atoms in total. The minimum atomic E-state index is -0.741. The molecule has 7 fully saturated rings. The van der Waals surface area contributed by atoms with Gasteiger partial charge in [0.2, 0.25) is 0 Å². The normalized spacial score (nSPS) is 50.2. The quantitative estimate of drug-likeness (QED) is 0.449. The zero-order chi connectivity index (χ0) is 25.2. The van der Waals surface area contributed by atoms with Crippen LogP contribution >= 0.6 is 0 Å². The van der Waals surface area contributed by atoms with Gasteiger partial charge in [0.15, 0.2) is 0 Å². The van der Waals surface area contributed by atoms with E-state index in [2.05, 4.69) is 25.5 Å². The van der Waals surface area contributed by atoms with E-state index in [0.29, 0.717) is 31.4 Å². The molecule has 11 atom stereocenters. The highest BCUT2D eigenvalue weighted by Gasteiger charge is 2.86.